The number of carbonyl (C=O) groups is 1. The second kappa shape index (κ2) is 9.60. The number of halogens is 3. The van der Waals surface area contributed by atoms with Gasteiger partial charge in [-0.1, -0.05) is 59.1 Å². The third kappa shape index (κ3) is 5.73. The van der Waals surface area contributed by atoms with Gasteiger partial charge in [0, 0.05) is 10.6 Å². The number of hydrazone groups is 1. The first-order valence-electron chi connectivity index (χ1n) is 8.27. The van der Waals surface area contributed by atoms with Crippen molar-refractivity contribution >= 4 is 46.9 Å². The molecule has 0 atom stereocenters. The van der Waals surface area contributed by atoms with Crippen molar-refractivity contribution in [3.8, 4) is 5.75 Å². The first-order chi connectivity index (χ1) is 13.5. The van der Waals surface area contributed by atoms with Crippen molar-refractivity contribution in [1.82, 2.24) is 5.43 Å². The number of nitrogens with one attached hydrogen (secondary N) is 1. The molecule has 0 heterocycles. The van der Waals surface area contributed by atoms with E-state index >= 15 is 0 Å². The van der Waals surface area contributed by atoms with Crippen LogP contribution in [0.5, 0.6) is 5.75 Å². The summed E-state index contributed by atoms with van der Waals surface area (Å²) in [4.78, 5) is 12.1. The van der Waals surface area contributed by atoms with E-state index in [0.717, 1.165) is 11.1 Å². The van der Waals surface area contributed by atoms with Crippen molar-refractivity contribution in [2.75, 3.05) is 0 Å². The van der Waals surface area contributed by atoms with Crippen LogP contribution in [0.2, 0.25) is 15.1 Å². The molecule has 0 aliphatic rings. The van der Waals surface area contributed by atoms with Gasteiger partial charge in [-0.15, -0.1) is 0 Å². The minimum Gasteiger partial charge on any atom is -0.489 e. The second-order valence-electron chi connectivity index (χ2n) is 5.82. The number of ether oxygens (including phenoxy) is 1. The van der Waals surface area contributed by atoms with Gasteiger partial charge in [0.15, 0.2) is 0 Å². The lowest BCUT2D eigenvalue weighted by Gasteiger charge is -2.07. The van der Waals surface area contributed by atoms with E-state index in [4.69, 9.17) is 39.5 Å². The average Bonchev–Trinajstić information content (AvgIpc) is 2.70. The van der Waals surface area contributed by atoms with Gasteiger partial charge in [-0.25, -0.2) is 5.43 Å². The first-order valence-corrected chi connectivity index (χ1v) is 9.40. The lowest BCUT2D eigenvalue weighted by molar-refractivity contribution is 0.0955. The minimum atomic E-state index is -0.384. The van der Waals surface area contributed by atoms with E-state index in [1.807, 2.05) is 48.5 Å². The van der Waals surface area contributed by atoms with Crippen LogP contribution in [0, 0.1) is 0 Å². The van der Waals surface area contributed by atoms with Crippen LogP contribution in [-0.2, 0) is 6.61 Å². The maximum Gasteiger partial charge on any atom is 0.271 e. The summed E-state index contributed by atoms with van der Waals surface area (Å²) in [5.41, 5.74) is 4.61. The fourth-order valence-electron chi connectivity index (χ4n) is 2.30. The Bertz CT molecular complexity index is 1000. The number of amides is 1. The molecule has 0 radical (unpaired) electrons. The zero-order valence-corrected chi connectivity index (χ0v) is 16.8. The average molecular weight is 434 g/mol. The number of hydrogen-bond donors (Lipinski definition) is 1. The summed E-state index contributed by atoms with van der Waals surface area (Å²) in [6.07, 6.45) is 1.53. The molecule has 3 aromatic rings. The summed E-state index contributed by atoms with van der Waals surface area (Å²) in [7, 11) is 0. The molecule has 1 N–H and O–H groups in total. The zero-order valence-electron chi connectivity index (χ0n) is 14.5. The predicted octanol–water partition coefficient (Wildman–Crippen LogP) is 5.99. The molecule has 3 aromatic carbocycles. The summed E-state index contributed by atoms with van der Waals surface area (Å²) in [5.74, 6) is 0.305. The van der Waals surface area contributed by atoms with Gasteiger partial charge in [0.05, 0.1) is 16.3 Å². The summed E-state index contributed by atoms with van der Waals surface area (Å²) in [5, 5.41) is 5.35. The van der Waals surface area contributed by atoms with Crippen LogP contribution in [0.25, 0.3) is 0 Å². The SMILES string of the molecule is O=C(NN=Cc1cccc(OCc2ccc(Cl)cc2)c1)c1ccc(Cl)c(Cl)c1. The molecule has 0 unspecified atom stereocenters. The Morgan fingerprint density at radius 3 is 2.50 bits per heavy atom. The molecule has 1 amide bonds. The molecule has 0 fully saturated rings. The van der Waals surface area contributed by atoms with E-state index in [-0.39, 0.29) is 5.91 Å². The molecule has 0 aliphatic heterocycles. The van der Waals surface area contributed by atoms with Gasteiger partial charge in [0.25, 0.3) is 5.91 Å². The lowest BCUT2D eigenvalue weighted by Crippen LogP contribution is -2.17. The highest BCUT2D eigenvalue weighted by Gasteiger charge is 2.07. The van der Waals surface area contributed by atoms with E-state index in [9.17, 15) is 4.79 Å². The van der Waals surface area contributed by atoms with Gasteiger partial charge in [-0.3, -0.25) is 4.79 Å². The highest BCUT2D eigenvalue weighted by molar-refractivity contribution is 6.42. The Balaban J connectivity index is 1.58. The number of carbonyl (C=O) groups excluding carboxylic acids is 1. The Kier molecular flexibility index (Phi) is 6.93. The van der Waals surface area contributed by atoms with E-state index < -0.39 is 0 Å². The van der Waals surface area contributed by atoms with Gasteiger partial charge in [0.1, 0.15) is 12.4 Å². The van der Waals surface area contributed by atoms with Gasteiger partial charge in [-0.2, -0.15) is 5.10 Å². The minimum absolute atomic E-state index is 0.309. The van der Waals surface area contributed by atoms with E-state index in [1.165, 1.54) is 12.3 Å². The Morgan fingerprint density at radius 2 is 1.75 bits per heavy atom. The molecule has 3 rings (SSSR count). The Hall–Kier alpha value is -2.53. The summed E-state index contributed by atoms with van der Waals surface area (Å²) in [6.45, 7) is 0.422. The third-order valence-corrected chi connectivity index (χ3v) is 4.73. The molecule has 0 aromatic heterocycles. The molecule has 0 bridgehead atoms. The van der Waals surface area contributed by atoms with E-state index in [2.05, 4.69) is 10.5 Å². The largest absolute Gasteiger partial charge is 0.489 e. The van der Waals surface area contributed by atoms with Crippen molar-refractivity contribution in [2.24, 2.45) is 5.10 Å². The molecule has 0 saturated heterocycles. The number of benzene rings is 3. The molecule has 0 aliphatic carbocycles. The number of hydrogen-bond acceptors (Lipinski definition) is 3. The normalized spacial score (nSPS) is 10.8. The summed E-state index contributed by atoms with van der Waals surface area (Å²) < 4.78 is 5.77. The molecule has 0 saturated carbocycles. The predicted molar refractivity (Wildman–Crippen MR) is 114 cm³/mol. The molecular formula is C21H15Cl3N2O2. The van der Waals surface area contributed by atoms with Crippen LogP contribution in [0.3, 0.4) is 0 Å². The fourth-order valence-corrected chi connectivity index (χ4v) is 2.72. The van der Waals surface area contributed by atoms with E-state index in [0.29, 0.717) is 33.0 Å². The molecule has 28 heavy (non-hydrogen) atoms. The first kappa shape index (κ1) is 20.2. The quantitative estimate of drug-likeness (QED) is 0.383. The van der Waals surface area contributed by atoms with Gasteiger partial charge in [-0.05, 0) is 53.6 Å². The summed E-state index contributed by atoms with van der Waals surface area (Å²) >= 11 is 17.6. The molecular weight excluding hydrogens is 419 g/mol. The number of rotatable bonds is 6. The van der Waals surface area contributed by atoms with Gasteiger partial charge < -0.3 is 4.74 Å². The van der Waals surface area contributed by atoms with Crippen LogP contribution in [0.15, 0.2) is 71.8 Å². The molecule has 7 heteroatoms. The second-order valence-corrected chi connectivity index (χ2v) is 7.07. The highest BCUT2D eigenvalue weighted by Crippen LogP contribution is 2.22. The molecule has 0 spiro atoms. The summed E-state index contributed by atoms with van der Waals surface area (Å²) in [6, 6.07) is 19.4. The van der Waals surface area contributed by atoms with Crippen LogP contribution in [-0.4, -0.2) is 12.1 Å². The van der Waals surface area contributed by atoms with Crippen LogP contribution in [0.4, 0.5) is 0 Å². The van der Waals surface area contributed by atoms with Crippen molar-refractivity contribution in [1.29, 1.82) is 0 Å². The molecule has 4 nitrogen and oxygen atoms in total. The Labute approximate surface area is 177 Å². The van der Waals surface area contributed by atoms with Crippen LogP contribution >= 0.6 is 34.8 Å². The monoisotopic (exact) mass is 432 g/mol. The Morgan fingerprint density at radius 1 is 0.964 bits per heavy atom. The number of nitrogens with zero attached hydrogens (tertiary/aromatic N) is 1. The van der Waals surface area contributed by atoms with Crippen molar-refractivity contribution in [3.05, 3.63) is 98.5 Å². The fraction of sp³-hybridized carbons (Fsp3) is 0.0476. The van der Waals surface area contributed by atoms with Crippen molar-refractivity contribution in [3.63, 3.8) is 0 Å². The van der Waals surface area contributed by atoms with Crippen LogP contribution in [0.1, 0.15) is 21.5 Å². The topological polar surface area (TPSA) is 50.7 Å². The van der Waals surface area contributed by atoms with Gasteiger partial charge in [0.2, 0.25) is 0 Å². The standard InChI is InChI=1S/C21H15Cl3N2O2/c22-17-7-4-14(5-8-17)13-28-18-3-1-2-15(10-18)12-25-26-21(27)16-6-9-19(23)20(24)11-16/h1-12H,13H2,(H,26,27). The van der Waals surface area contributed by atoms with E-state index in [1.54, 1.807) is 12.1 Å². The maximum atomic E-state index is 12.1. The maximum absolute atomic E-state index is 12.1. The zero-order chi connectivity index (χ0) is 19.9. The van der Waals surface area contributed by atoms with Gasteiger partial charge >= 0.3 is 0 Å². The van der Waals surface area contributed by atoms with Crippen molar-refractivity contribution < 1.29 is 9.53 Å². The lowest BCUT2D eigenvalue weighted by atomic mass is 10.2. The smallest absolute Gasteiger partial charge is 0.271 e. The third-order valence-electron chi connectivity index (χ3n) is 3.74. The highest BCUT2D eigenvalue weighted by atomic mass is 35.5. The van der Waals surface area contributed by atoms with Crippen molar-refractivity contribution in [2.45, 2.75) is 6.61 Å². The molecule has 142 valence electrons. The van der Waals surface area contributed by atoms with Crippen LogP contribution < -0.4 is 10.2 Å².